The summed E-state index contributed by atoms with van der Waals surface area (Å²) in [6.07, 6.45) is 0.247. The maximum absolute atomic E-state index is 14.0. The maximum Gasteiger partial charge on any atom is 0.237 e. The molecule has 3 atom stereocenters. The molecule has 2 amide bonds. The van der Waals surface area contributed by atoms with E-state index < -0.39 is 23.2 Å². The predicted octanol–water partition coefficient (Wildman–Crippen LogP) is 3.76. The summed E-state index contributed by atoms with van der Waals surface area (Å²) in [6, 6.07) is 7.14. The summed E-state index contributed by atoms with van der Waals surface area (Å²) < 4.78 is 32.4. The molecule has 0 unspecified atom stereocenters. The molecular weight excluding hydrogens is 555 g/mol. The smallest absolute Gasteiger partial charge is 0.237 e. The van der Waals surface area contributed by atoms with E-state index in [0.717, 1.165) is 5.56 Å². The van der Waals surface area contributed by atoms with E-state index in [0.29, 0.717) is 43.7 Å². The highest BCUT2D eigenvalue weighted by Gasteiger charge is 2.55. The van der Waals surface area contributed by atoms with E-state index in [9.17, 15) is 18.4 Å². The molecule has 2 aromatic carbocycles. The van der Waals surface area contributed by atoms with Crippen LogP contribution in [0.2, 0.25) is 10.0 Å². The summed E-state index contributed by atoms with van der Waals surface area (Å²) in [5, 5.41) is 25.2. The van der Waals surface area contributed by atoms with Gasteiger partial charge in [0.15, 0.2) is 0 Å². The number of hydrogen-bond donors (Lipinski definition) is 5. The number of benzene rings is 2. The topological polar surface area (TPSA) is 120 Å². The second kappa shape index (κ2) is 14.3. The van der Waals surface area contributed by atoms with Gasteiger partial charge in [0.1, 0.15) is 11.6 Å². The van der Waals surface area contributed by atoms with Gasteiger partial charge in [0.25, 0.3) is 0 Å². The van der Waals surface area contributed by atoms with Gasteiger partial charge < -0.3 is 30.9 Å². The number of hydrogen-bond acceptors (Lipinski definition) is 6. The molecule has 2 aliphatic heterocycles. The number of methoxy groups -OCH3 is 1. The second-order valence-electron chi connectivity index (χ2n) is 10.1. The first-order valence-electron chi connectivity index (χ1n) is 12.3. The van der Waals surface area contributed by atoms with Crippen LogP contribution in [0, 0.1) is 11.6 Å². The Kier molecular flexibility index (Phi) is 12.1. The number of nitrogens with one attached hydrogen (secondary N) is 3. The van der Waals surface area contributed by atoms with Gasteiger partial charge in [-0.15, -0.1) is 0 Å². The third kappa shape index (κ3) is 8.33. The third-order valence-electron chi connectivity index (χ3n) is 6.42. The zero-order valence-corrected chi connectivity index (χ0v) is 23.8. The van der Waals surface area contributed by atoms with Crippen molar-refractivity contribution in [1.29, 1.82) is 0 Å². The summed E-state index contributed by atoms with van der Waals surface area (Å²) in [6.45, 7) is 7.07. The van der Waals surface area contributed by atoms with E-state index in [-0.39, 0.29) is 34.1 Å². The lowest BCUT2D eigenvalue weighted by atomic mass is 9.70. The van der Waals surface area contributed by atoms with E-state index >= 15 is 0 Å². The minimum atomic E-state index is -0.970. The molecule has 216 valence electrons. The van der Waals surface area contributed by atoms with Crippen LogP contribution in [-0.2, 0) is 19.7 Å². The number of carbonyl (C=O) groups excluding carboxylic acids is 2. The number of halogens is 4. The Labute approximate surface area is 237 Å². The van der Waals surface area contributed by atoms with Crippen LogP contribution in [0.25, 0.3) is 0 Å². The van der Waals surface area contributed by atoms with Crippen molar-refractivity contribution < 1.29 is 33.3 Å². The molecule has 1 spiro atoms. The lowest BCUT2D eigenvalue weighted by Gasteiger charge is -2.29. The summed E-state index contributed by atoms with van der Waals surface area (Å²) in [7, 11) is 1.71. The summed E-state index contributed by atoms with van der Waals surface area (Å²) in [5.74, 6) is -1.62. The highest BCUT2D eigenvalue weighted by Crippen LogP contribution is 2.50. The minimum absolute atomic E-state index is 0.00420. The molecule has 0 aromatic heterocycles. The Hall–Kier alpha value is -2.34. The fourth-order valence-electron chi connectivity index (χ4n) is 4.14. The standard InChI is InChI=1S/C17H12Cl2F2N2O.C5H11NO3.C5H12O/c18-11-3-8(1-2-13(11)20)10-6-22-7-17(10)9-4-14(21)12(19)5-15(9)23-16(17)24;7-3-5(9)1-2-6-4-8;1-5(2,3)6-4/h1-5,10,22H,6-7H2,(H,23,24);4-5,7,9H,1-3H2,(H,6,8);1-4H3/t10-,17-;5-;/m10./s1. The molecule has 4 rings (SSSR count). The zero-order chi connectivity index (χ0) is 29.4. The molecule has 2 aromatic rings. The number of aliphatic hydroxyl groups excluding tert-OH is 2. The quantitative estimate of drug-likeness (QED) is 0.258. The molecule has 1 saturated heterocycles. The summed E-state index contributed by atoms with van der Waals surface area (Å²) in [4.78, 5) is 22.4. The fraction of sp³-hybridized carbons (Fsp3) is 0.481. The lowest BCUT2D eigenvalue weighted by molar-refractivity contribution is -0.120. The van der Waals surface area contributed by atoms with Crippen molar-refractivity contribution in [2.75, 3.05) is 38.7 Å². The Morgan fingerprint density at radius 1 is 1.21 bits per heavy atom. The molecule has 1 fully saturated rings. The van der Waals surface area contributed by atoms with E-state index in [1.807, 2.05) is 20.8 Å². The van der Waals surface area contributed by atoms with Gasteiger partial charge in [-0.1, -0.05) is 29.3 Å². The van der Waals surface area contributed by atoms with Gasteiger partial charge in [-0.25, -0.2) is 8.78 Å². The van der Waals surface area contributed by atoms with Crippen molar-refractivity contribution in [2.45, 2.75) is 50.2 Å². The van der Waals surface area contributed by atoms with Crippen molar-refractivity contribution in [3.05, 3.63) is 63.1 Å². The van der Waals surface area contributed by atoms with Crippen LogP contribution in [-0.4, -0.2) is 67.6 Å². The van der Waals surface area contributed by atoms with Crippen LogP contribution < -0.4 is 16.0 Å². The lowest BCUT2D eigenvalue weighted by Crippen LogP contribution is -2.41. The molecule has 0 radical (unpaired) electrons. The third-order valence-corrected chi connectivity index (χ3v) is 7.00. The van der Waals surface area contributed by atoms with Crippen molar-refractivity contribution in [1.82, 2.24) is 10.6 Å². The summed E-state index contributed by atoms with van der Waals surface area (Å²) in [5.41, 5.74) is 0.866. The average Bonchev–Trinajstić information content (AvgIpc) is 3.44. The molecule has 0 bridgehead atoms. The number of anilines is 1. The van der Waals surface area contributed by atoms with E-state index in [2.05, 4.69) is 16.0 Å². The van der Waals surface area contributed by atoms with Crippen molar-refractivity contribution in [2.24, 2.45) is 0 Å². The summed E-state index contributed by atoms with van der Waals surface area (Å²) >= 11 is 11.7. The first kappa shape index (κ1) is 32.9. The molecule has 0 aliphatic carbocycles. The van der Waals surface area contributed by atoms with Gasteiger partial charge in [-0.3, -0.25) is 9.59 Å². The van der Waals surface area contributed by atoms with Gasteiger partial charge in [0.05, 0.1) is 33.8 Å². The molecule has 5 N–H and O–H groups in total. The molecule has 2 heterocycles. The average molecular weight is 590 g/mol. The van der Waals surface area contributed by atoms with Crippen LogP contribution in [0.3, 0.4) is 0 Å². The number of carbonyl (C=O) groups is 2. The molecule has 39 heavy (non-hydrogen) atoms. The molecular formula is C27H35Cl2F2N3O5. The minimum Gasteiger partial charge on any atom is -0.394 e. The van der Waals surface area contributed by atoms with Gasteiger partial charge in [-0.05, 0) is 62.6 Å². The Bertz CT molecular complexity index is 1150. The van der Waals surface area contributed by atoms with Gasteiger partial charge in [0.2, 0.25) is 12.3 Å². The Morgan fingerprint density at radius 2 is 1.85 bits per heavy atom. The number of fused-ring (bicyclic) bond motifs is 2. The van der Waals surface area contributed by atoms with Gasteiger partial charge in [0, 0.05) is 38.3 Å². The SMILES string of the molecule is COC(C)(C)C.O=C1Nc2cc(Cl)c(F)cc2[C@@]12CNC[C@@H]2c1ccc(F)c(Cl)c1.O=CNCC[C@H](O)CO. The van der Waals surface area contributed by atoms with E-state index in [1.54, 1.807) is 13.2 Å². The predicted molar refractivity (Wildman–Crippen MR) is 147 cm³/mol. The number of aliphatic hydroxyl groups is 2. The van der Waals surface area contributed by atoms with Crippen LogP contribution in [0.15, 0.2) is 30.3 Å². The van der Waals surface area contributed by atoms with Crippen LogP contribution in [0.4, 0.5) is 14.5 Å². The van der Waals surface area contributed by atoms with Crippen molar-refractivity contribution in [3.63, 3.8) is 0 Å². The normalized spacial score (nSPS) is 20.3. The molecule has 12 heteroatoms. The van der Waals surface area contributed by atoms with Gasteiger partial charge in [-0.2, -0.15) is 0 Å². The number of rotatable bonds is 6. The number of amides is 2. The van der Waals surface area contributed by atoms with E-state index in [4.69, 9.17) is 38.2 Å². The monoisotopic (exact) mass is 589 g/mol. The Morgan fingerprint density at radius 3 is 2.41 bits per heavy atom. The maximum atomic E-state index is 14.0. The van der Waals surface area contributed by atoms with Crippen molar-refractivity contribution >= 4 is 41.2 Å². The van der Waals surface area contributed by atoms with Crippen LogP contribution >= 0.6 is 23.2 Å². The number of ether oxygens (including phenoxy) is 1. The van der Waals surface area contributed by atoms with Crippen molar-refractivity contribution in [3.8, 4) is 0 Å². The molecule has 8 nitrogen and oxygen atoms in total. The highest BCUT2D eigenvalue weighted by molar-refractivity contribution is 6.31. The second-order valence-corrected chi connectivity index (χ2v) is 10.9. The zero-order valence-electron chi connectivity index (χ0n) is 22.3. The van der Waals surface area contributed by atoms with Gasteiger partial charge >= 0.3 is 0 Å². The van der Waals surface area contributed by atoms with Crippen LogP contribution in [0.5, 0.6) is 0 Å². The Balaban J connectivity index is 0.000000296. The van der Waals surface area contributed by atoms with Crippen LogP contribution in [0.1, 0.15) is 44.2 Å². The molecule has 2 aliphatic rings. The fourth-order valence-corrected chi connectivity index (χ4v) is 4.49. The highest BCUT2D eigenvalue weighted by atomic mass is 35.5. The first-order chi connectivity index (χ1) is 18.3. The molecule has 0 saturated carbocycles. The van der Waals surface area contributed by atoms with E-state index in [1.165, 1.54) is 24.3 Å². The largest absolute Gasteiger partial charge is 0.394 e. The first-order valence-corrected chi connectivity index (χ1v) is 13.0.